The van der Waals surface area contributed by atoms with Gasteiger partial charge in [0.05, 0.1) is 6.54 Å². The number of anilines is 3. The molecule has 0 radical (unpaired) electrons. The average Bonchev–Trinajstić information content (AvgIpc) is 2.47. The molecular weight excluding hydrogens is 330 g/mol. The lowest BCUT2D eigenvalue weighted by molar-refractivity contribution is -0.115. The lowest BCUT2D eigenvalue weighted by atomic mass is 10.2. The van der Waals surface area contributed by atoms with Gasteiger partial charge in [-0.2, -0.15) is 0 Å². The van der Waals surface area contributed by atoms with Crippen molar-refractivity contribution in [2.24, 2.45) is 0 Å². The molecule has 0 unspecified atom stereocenters. The smallest absolute Gasteiger partial charge is 0.243 e. The number of nitrogen functional groups attached to an aromatic ring is 1. The van der Waals surface area contributed by atoms with Crippen molar-refractivity contribution in [1.29, 1.82) is 0 Å². The van der Waals surface area contributed by atoms with Gasteiger partial charge in [0.2, 0.25) is 5.91 Å². The van der Waals surface area contributed by atoms with E-state index in [9.17, 15) is 4.79 Å². The second-order valence-corrected chi connectivity index (χ2v) is 5.58. The van der Waals surface area contributed by atoms with E-state index < -0.39 is 0 Å². The fourth-order valence-corrected chi connectivity index (χ4v) is 2.28. The third-order valence-corrected chi connectivity index (χ3v) is 3.61. The zero-order valence-electron chi connectivity index (χ0n) is 11.8. The van der Waals surface area contributed by atoms with Crippen LogP contribution in [0.1, 0.15) is 6.92 Å². The number of benzene rings is 2. The molecule has 3 N–H and O–H groups in total. The van der Waals surface area contributed by atoms with E-state index in [-0.39, 0.29) is 12.5 Å². The van der Waals surface area contributed by atoms with Crippen molar-refractivity contribution in [3.63, 3.8) is 0 Å². The summed E-state index contributed by atoms with van der Waals surface area (Å²) in [6.45, 7) is 3.03. The van der Waals surface area contributed by atoms with Crippen LogP contribution in [0.5, 0.6) is 0 Å². The second-order valence-electron chi connectivity index (χ2n) is 4.66. The van der Waals surface area contributed by atoms with Gasteiger partial charge in [0, 0.05) is 28.1 Å². The van der Waals surface area contributed by atoms with Gasteiger partial charge in [-0.05, 0) is 49.4 Å². The maximum Gasteiger partial charge on any atom is 0.243 e. The van der Waals surface area contributed by atoms with Gasteiger partial charge in [0.25, 0.3) is 0 Å². The van der Waals surface area contributed by atoms with Gasteiger partial charge in [-0.25, -0.2) is 0 Å². The second kappa shape index (κ2) is 7.13. The summed E-state index contributed by atoms with van der Waals surface area (Å²) in [5, 5.41) is 2.89. The van der Waals surface area contributed by atoms with E-state index in [1.54, 1.807) is 0 Å². The van der Waals surface area contributed by atoms with Crippen LogP contribution in [0.3, 0.4) is 0 Å². The van der Waals surface area contributed by atoms with Crippen molar-refractivity contribution < 1.29 is 4.79 Å². The normalized spacial score (nSPS) is 10.2. The number of nitrogens with two attached hydrogens (primary N) is 1. The number of carbonyl (C=O) groups excluding carboxylic acids is 1. The van der Waals surface area contributed by atoms with Crippen LogP contribution in [0, 0.1) is 0 Å². The highest BCUT2D eigenvalue weighted by Crippen LogP contribution is 2.18. The molecule has 0 aliphatic carbocycles. The number of nitrogens with one attached hydrogen (secondary N) is 1. The van der Waals surface area contributed by atoms with E-state index in [2.05, 4.69) is 21.2 Å². The molecule has 0 heterocycles. The molecule has 4 nitrogen and oxygen atoms in total. The molecule has 21 heavy (non-hydrogen) atoms. The minimum atomic E-state index is -0.0541. The number of likely N-dealkylation sites (N-methyl/N-ethyl adjacent to an activating group) is 1. The molecule has 0 aliphatic rings. The van der Waals surface area contributed by atoms with Crippen LogP contribution in [0.25, 0.3) is 0 Å². The highest BCUT2D eigenvalue weighted by Gasteiger charge is 2.10. The van der Waals surface area contributed by atoms with Crippen LogP contribution in [-0.4, -0.2) is 19.0 Å². The van der Waals surface area contributed by atoms with Crippen molar-refractivity contribution in [3.05, 3.63) is 53.0 Å². The Kier molecular flexibility index (Phi) is 5.22. The van der Waals surface area contributed by atoms with Crippen molar-refractivity contribution in [2.45, 2.75) is 6.92 Å². The number of rotatable bonds is 5. The Hall–Kier alpha value is -2.01. The first-order valence-electron chi connectivity index (χ1n) is 6.74. The van der Waals surface area contributed by atoms with E-state index >= 15 is 0 Å². The maximum absolute atomic E-state index is 12.1. The van der Waals surface area contributed by atoms with Gasteiger partial charge in [0.15, 0.2) is 0 Å². The molecule has 2 rings (SSSR count). The topological polar surface area (TPSA) is 58.4 Å². The number of carbonyl (C=O) groups is 1. The predicted octanol–water partition coefficient (Wildman–Crippen LogP) is 3.50. The molecule has 0 bridgehead atoms. The van der Waals surface area contributed by atoms with E-state index in [4.69, 9.17) is 5.73 Å². The van der Waals surface area contributed by atoms with Crippen LogP contribution in [0.2, 0.25) is 0 Å². The Bertz CT molecular complexity index is 613. The largest absolute Gasteiger partial charge is 0.399 e. The first kappa shape index (κ1) is 15.4. The third kappa shape index (κ3) is 4.49. The van der Waals surface area contributed by atoms with Gasteiger partial charge >= 0.3 is 0 Å². The van der Waals surface area contributed by atoms with Gasteiger partial charge in [-0.15, -0.1) is 0 Å². The SMILES string of the molecule is CCN(CC(=O)Nc1ccc(Br)cc1)c1cccc(N)c1. The van der Waals surface area contributed by atoms with Crippen molar-refractivity contribution >= 4 is 38.9 Å². The van der Waals surface area contributed by atoms with Gasteiger partial charge in [-0.1, -0.05) is 22.0 Å². The van der Waals surface area contributed by atoms with E-state index in [1.165, 1.54) is 0 Å². The monoisotopic (exact) mass is 347 g/mol. The summed E-state index contributed by atoms with van der Waals surface area (Å²) >= 11 is 3.37. The van der Waals surface area contributed by atoms with Crippen LogP contribution < -0.4 is 16.0 Å². The minimum Gasteiger partial charge on any atom is -0.399 e. The van der Waals surface area contributed by atoms with E-state index in [0.29, 0.717) is 5.69 Å². The summed E-state index contributed by atoms with van der Waals surface area (Å²) in [7, 11) is 0. The summed E-state index contributed by atoms with van der Waals surface area (Å²) in [6, 6.07) is 15.1. The van der Waals surface area contributed by atoms with Crippen molar-refractivity contribution in [2.75, 3.05) is 29.0 Å². The van der Waals surface area contributed by atoms with Crippen LogP contribution in [0.15, 0.2) is 53.0 Å². The Morgan fingerprint density at radius 3 is 2.57 bits per heavy atom. The molecule has 1 amide bonds. The molecule has 2 aromatic rings. The molecule has 0 saturated carbocycles. The van der Waals surface area contributed by atoms with Gasteiger partial charge in [-0.3, -0.25) is 4.79 Å². The Labute approximate surface area is 133 Å². The van der Waals surface area contributed by atoms with Gasteiger partial charge in [0.1, 0.15) is 0 Å². The highest BCUT2D eigenvalue weighted by atomic mass is 79.9. The maximum atomic E-state index is 12.1. The van der Waals surface area contributed by atoms with Gasteiger partial charge < -0.3 is 16.0 Å². The molecule has 0 fully saturated rings. The molecule has 0 saturated heterocycles. The molecule has 110 valence electrons. The fraction of sp³-hybridized carbons (Fsp3) is 0.188. The summed E-state index contributed by atoms with van der Waals surface area (Å²) in [5.74, 6) is -0.0541. The molecule has 0 aliphatic heterocycles. The molecule has 5 heteroatoms. The Morgan fingerprint density at radius 1 is 1.24 bits per heavy atom. The standard InChI is InChI=1S/C16H18BrN3O/c1-2-20(15-5-3-4-13(18)10-15)11-16(21)19-14-8-6-12(17)7-9-14/h3-10H,2,11,18H2,1H3,(H,19,21). The number of nitrogens with zero attached hydrogens (tertiary/aromatic N) is 1. The molecule has 0 aromatic heterocycles. The van der Waals surface area contributed by atoms with E-state index in [1.807, 2.05) is 60.4 Å². The lowest BCUT2D eigenvalue weighted by Crippen LogP contribution is -2.33. The average molecular weight is 348 g/mol. The highest BCUT2D eigenvalue weighted by molar-refractivity contribution is 9.10. The number of hydrogen-bond acceptors (Lipinski definition) is 3. The summed E-state index contributed by atoms with van der Waals surface area (Å²) < 4.78 is 0.982. The fourth-order valence-electron chi connectivity index (χ4n) is 2.01. The Morgan fingerprint density at radius 2 is 1.95 bits per heavy atom. The summed E-state index contributed by atoms with van der Waals surface area (Å²) in [6.07, 6.45) is 0. The first-order chi connectivity index (χ1) is 10.1. The first-order valence-corrected chi connectivity index (χ1v) is 7.53. The zero-order valence-corrected chi connectivity index (χ0v) is 13.4. The molecule has 2 aromatic carbocycles. The van der Waals surface area contributed by atoms with Crippen LogP contribution in [0.4, 0.5) is 17.1 Å². The van der Waals surface area contributed by atoms with Crippen LogP contribution >= 0.6 is 15.9 Å². The van der Waals surface area contributed by atoms with Crippen molar-refractivity contribution in [3.8, 4) is 0 Å². The molecule has 0 spiro atoms. The van der Waals surface area contributed by atoms with E-state index in [0.717, 1.165) is 22.4 Å². The minimum absolute atomic E-state index is 0.0541. The molecule has 0 atom stereocenters. The number of amides is 1. The van der Waals surface area contributed by atoms with Crippen molar-refractivity contribution in [1.82, 2.24) is 0 Å². The van der Waals surface area contributed by atoms with Crippen LogP contribution in [-0.2, 0) is 4.79 Å². The summed E-state index contributed by atoms with van der Waals surface area (Å²) in [4.78, 5) is 14.1. The number of hydrogen-bond donors (Lipinski definition) is 2. The number of halogens is 1. The lowest BCUT2D eigenvalue weighted by Gasteiger charge is -2.22. The Balaban J connectivity index is 2.01. The quantitative estimate of drug-likeness (QED) is 0.813. The summed E-state index contributed by atoms with van der Waals surface area (Å²) in [5.41, 5.74) is 8.21. The molecular formula is C16H18BrN3O. The third-order valence-electron chi connectivity index (χ3n) is 3.08. The predicted molar refractivity (Wildman–Crippen MR) is 91.5 cm³/mol. The zero-order chi connectivity index (χ0) is 15.2.